The molecular weight excluding hydrogens is 294 g/mol. The van der Waals surface area contributed by atoms with Crippen molar-refractivity contribution in [2.75, 3.05) is 11.9 Å². The minimum atomic E-state index is -0.336. The van der Waals surface area contributed by atoms with E-state index in [0.29, 0.717) is 23.9 Å². The Bertz CT molecular complexity index is 696. The van der Waals surface area contributed by atoms with Gasteiger partial charge >= 0.3 is 6.03 Å². The first-order chi connectivity index (χ1) is 11.0. The maximum Gasteiger partial charge on any atom is 0.319 e. The number of aromatic nitrogens is 1. The molecule has 6 nitrogen and oxygen atoms in total. The number of aromatic amines is 1. The Balaban J connectivity index is 1.87. The van der Waals surface area contributed by atoms with Gasteiger partial charge in [0, 0.05) is 23.6 Å². The molecule has 0 spiro atoms. The first-order valence-electron chi connectivity index (χ1n) is 7.49. The van der Waals surface area contributed by atoms with Gasteiger partial charge in [-0.05, 0) is 18.1 Å². The second-order valence-corrected chi connectivity index (χ2v) is 5.57. The predicted molar refractivity (Wildman–Crippen MR) is 89.7 cm³/mol. The van der Waals surface area contributed by atoms with Crippen molar-refractivity contribution < 1.29 is 9.53 Å². The third-order valence-electron chi connectivity index (χ3n) is 2.98. The number of H-pyrrole nitrogens is 1. The van der Waals surface area contributed by atoms with Crippen LogP contribution in [0.5, 0.6) is 5.75 Å². The number of hydrogen-bond acceptors (Lipinski definition) is 3. The van der Waals surface area contributed by atoms with E-state index in [4.69, 9.17) is 4.74 Å². The molecule has 2 rings (SSSR count). The first kappa shape index (κ1) is 16.6. The molecule has 0 bridgehead atoms. The summed E-state index contributed by atoms with van der Waals surface area (Å²) in [5.74, 6) is 0.633. The molecule has 0 saturated carbocycles. The quantitative estimate of drug-likeness (QED) is 0.766. The van der Waals surface area contributed by atoms with Gasteiger partial charge in [0.25, 0.3) is 0 Å². The number of nitrogens with one attached hydrogen (secondary N) is 3. The number of rotatable bonds is 6. The molecule has 23 heavy (non-hydrogen) atoms. The molecule has 122 valence electrons. The number of carbonyl (C=O) groups is 1. The van der Waals surface area contributed by atoms with Gasteiger partial charge in [0.2, 0.25) is 5.43 Å². The lowest BCUT2D eigenvalue weighted by atomic mass is 10.2. The molecule has 0 radical (unpaired) electrons. The van der Waals surface area contributed by atoms with Crippen LogP contribution in [0.2, 0.25) is 0 Å². The number of pyridine rings is 1. The molecule has 2 aromatic rings. The van der Waals surface area contributed by atoms with Crippen molar-refractivity contribution in [3.63, 3.8) is 0 Å². The average molecular weight is 315 g/mol. The summed E-state index contributed by atoms with van der Waals surface area (Å²) in [7, 11) is 0. The van der Waals surface area contributed by atoms with Crippen LogP contribution in [0.3, 0.4) is 0 Å². The van der Waals surface area contributed by atoms with Gasteiger partial charge in [0.05, 0.1) is 13.2 Å². The SMILES string of the molecule is CC(C)COc1c[nH]c(CNC(=O)Nc2ccccc2)cc1=O. The van der Waals surface area contributed by atoms with Crippen molar-refractivity contribution in [3.05, 3.63) is 58.5 Å². The van der Waals surface area contributed by atoms with E-state index >= 15 is 0 Å². The highest BCUT2D eigenvalue weighted by molar-refractivity contribution is 5.89. The zero-order valence-electron chi connectivity index (χ0n) is 13.3. The number of para-hydroxylation sites is 1. The maximum atomic E-state index is 11.9. The summed E-state index contributed by atoms with van der Waals surface area (Å²) in [6.45, 7) is 4.73. The molecule has 2 amide bonds. The van der Waals surface area contributed by atoms with Crippen LogP contribution in [-0.2, 0) is 6.54 Å². The second kappa shape index (κ2) is 8.03. The summed E-state index contributed by atoms with van der Waals surface area (Å²) in [6.07, 6.45) is 1.52. The van der Waals surface area contributed by atoms with Crippen LogP contribution in [-0.4, -0.2) is 17.6 Å². The van der Waals surface area contributed by atoms with Crippen molar-refractivity contribution >= 4 is 11.7 Å². The molecule has 6 heteroatoms. The lowest BCUT2D eigenvalue weighted by Gasteiger charge is -2.10. The molecule has 1 heterocycles. The summed E-state index contributed by atoms with van der Waals surface area (Å²) in [6, 6.07) is 10.2. The molecule has 0 aliphatic rings. The molecule has 0 unspecified atom stereocenters. The largest absolute Gasteiger partial charge is 0.488 e. The minimum absolute atomic E-state index is 0.204. The molecule has 0 fully saturated rings. The van der Waals surface area contributed by atoms with Crippen LogP contribution >= 0.6 is 0 Å². The molecular formula is C17H21N3O3. The van der Waals surface area contributed by atoms with Gasteiger partial charge in [-0.25, -0.2) is 4.79 Å². The molecule has 0 saturated heterocycles. The van der Waals surface area contributed by atoms with Gasteiger partial charge in [-0.2, -0.15) is 0 Å². The monoisotopic (exact) mass is 315 g/mol. The summed E-state index contributed by atoms with van der Waals surface area (Å²) in [5, 5.41) is 5.39. The van der Waals surface area contributed by atoms with E-state index in [1.807, 2.05) is 32.0 Å². The predicted octanol–water partition coefficient (Wildman–Crippen LogP) is 2.73. The van der Waals surface area contributed by atoms with Crippen molar-refractivity contribution in [2.45, 2.75) is 20.4 Å². The van der Waals surface area contributed by atoms with Gasteiger partial charge in [0.1, 0.15) is 0 Å². The molecule has 0 aliphatic heterocycles. The zero-order valence-corrected chi connectivity index (χ0v) is 13.3. The average Bonchev–Trinajstić information content (AvgIpc) is 2.53. The number of hydrogen-bond donors (Lipinski definition) is 3. The Kier molecular flexibility index (Phi) is 5.80. The van der Waals surface area contributed by atoms with Crippen LogP contribution in [0.15, 0.2) is 47.4 Å². The molecule has 1 aromatic heterocycles. The highest BCUT2D eigenvalue weighted by atomic mass is 16.5. The fourth-order valence-electron chi connectivity index (χ4n) is 1.84. The fraction of sp³-hybridized carbons (Fsp3) is 0.294. The van der Waals surface area contributed by atoms with Crippen LogP contribution < -0.4 is 20.8 Å². The van der Waals surface area contributed by atoms with Crippen LogP contribution in [0, 0.1) is 5.92 Å². The van der Waals surface area contributed by atoms with Gasteiger partial charge in [-0.1, -0.05) is 32.0 Å². The third-order valence-corrected chi connectivity index (χ3v) is 2.98. The molecule has 0 aliphatic carbocycles. The van der Waals surface area contributed by atoms with Crippen LogP contribution in [0.4, 0.5) is 10.5 Å². The fourth-order valence-corrected chi connectivity index (χ4v) is 1.84. The van der Waals surface area contributed by atoms with Gasteiger partial charge in [-0.15, -0.1) is 0 Å². The number of amides is 2. The van der Waals surface area contributed by atoms with E-state index in [0.717, 1.165) is 0 Å². The summed E-state index contributed by atoms with van der Waals surface area (Å²) >= 11 is 0. The number of ether oxygens (including phenoxy) is 1. The smallest absolute Gasteiger partial charge is 0.319 e. The Labute approximate surface area is 134 Å². The number of anilines is 1. The van der Waals surface area contributed by atoms with E-state index < -0.39 is 0 Å². The van der Waals surface area contributed by atoms with Crippen molar-refractivity contribution in [1.82, 2.24) is 10.3 Å². The lowest BCUT2D eigenvalue weighted by molar-refractivity contribution is 0.251. The highest BCUT2D eigenvalue weighted by Gasteiger charge is 2.06. The van der Waals surface area contributed by atoms with E-state index in [1.54, 1.807) is 12.1 Å². The Hall–Kier alpha value is -2.76. The van der Waals surface area contributed by atoms with E-state index in [2.05, 4.69) is 15.6 Å². The Morgan fingerprint density at radius 2 is 2.00 bits per heavy atom. The summed E-state index contributed by atoms with van der Waals surface area (Å²) < 4.78 is 5.41. The zero-order chi connectivity index (χ0) is 16.7. The Morgan fingerprint density at radius 1 is 1.26 bits per heavy atom. The van der Waals surface area contributed by atoms with E-state index in [-0.39, 0.29) is 23.8 Å². The van der Waals surface area contributed by atoms with Gasteiger partial charge in [0.15, 0.2) is 5.75 Å². The lowest BCUT2D eigenvalue weighted by Crippen LogP contribution is -2.29. The van der Waals surface area contributed by atoms with Crippen molar-refractivity contribution in [3.8, 4) is 5.75 Å². The highest BCUT2D eigenvalue weighted by Crippen LogP contribution is 2.06. The topological polar surface area (TPSA) is 83.2 Å². The standard InChI is InChI=1S/C17H21N3O3/c1-12(2)11-23-16-10-18-14(8-15(16)21)9-19-17(22)20-13-6-4-3-5-7-13/h3-8,10,12H,9,11H2,1-2H3,(H,18,21)(H2,19,20,22). The molecule has 3 N–H and O–H groups in total. The summed E-state index contributed by atoms with van der Waals surface area (Å²) in [5.41, 5.74) is 1.11. The summed E-state index contributed by atoms with van der Waals surface area (Å²) in [4.78, 5) is 26.6. The number of urea groups is 1. The van der Waals surface area contributed by atoms with Gasteiger partial charge in [-0.3, -0.25) is 4.79 Å². The molecule has 1 aromatic carbocycles. The van der Waals surface area contributed by atoms with E-state index in [9.17, 15) is 9.59 Å². The third kappa shape index (κ3) is 5.50. The normalized spacial score (nSPS) is 10.4. The maximum absolute atomic E-state index is 11.9. The van der Waals surface area contributed by atoms with Crippen molar-refractivity contribution in [1.29, 1.82) is 0 Å². The number of benzene rings is 1. The Morgan fingerprint density at radius 3 is 2.65 bits per heavy atom. The first-order valence-corrected chi connectivity index (χ1v) is 7.49. The van der Waals surface area contributed by atoms with E-state index in [1.165, 1.54) is 12.3 Å². The van der Waals surface area contributed by atoms with Crippen LogP contribution in [0.25, 0.3) is 0 Å². The minimum Gasteiger partial charge on any atom is -0.488 e. The van der Waals surface area contributed by atoms with Crippen LogP contribution in [0.1, 0.15) is 19.5 Å². The molecule has 0 atom stereocenters. The van der Waals surface area contributed by atoms with Crippen molar-refractivity contribution in [2.24, 2.45) is 5.92 Å². The van der Waals surface area contributed by atoms with Gasteiger partial charge < -0.3 is 20.4 Å². The second-order valence-electron chi connectivity index (χ2n) is 5.57. The number of carbonyl (C=O) groups excluding carboxylic acids is 1.